The standard InChI is InChI=1S/C11H21N/c1-2-10(5-3-6-10)9-11(12)7-4-8-11/h2-9,12H2,1H3. The van der Waals surface area contributed by atoms with E-state index in [2.05, 4.69) is 6.92 Å². The van der Waals surface area contributed by atoms with Gasteiger partial charge in [-0.1, -0.05) is 19.8 Å². The summed E-state index contributed by atoms with van der Waals surface area (Å²) >= 11 is 0. The van der Waals surface area contributed by atoms with E-state index < -0.39 is 0 Å². The van der Waals surface area contributed by atoms with Gasteiger partial charge in [0.25, 0.3) is 0 Å². The summed E-state index contributed by atoms with van der Waals surface area (Å²) in [6, 6.07) is 0. The smallest absolute Gasteiger partial charge is 0.0159 e. The Hall–Kier alpha value is -0.0400. The monoisotopic (exact) mass is 167 g/mol. The highest BCUT2D eigenvalue weighted by molar-refractivity contribution is 5.00. The quantitative estimate of drug-likeness (QED) is 0.687. The Labute approximate surface area is 75.7 Å². The zero-order chi connectivity index (χ0) is 8.66. The van der Waals surface area contributed by atoms with Gasteiger partial charge in [0.05, 0.1) is 0 Å². The molecule has 0 heterocycles. The van der Waals surface area contributed by atoms with Crippen LogP contribution >= 0.6 is 0 Å². The Bertz CT molecular complexity index is 160. The fourth-order valence-electron chi connectivity index (χ4n) is 2.89. The maximum Gasteiger partial charge on any atom is 0.0159 e. The summed E-state index contributed by atoms with van der Waals surface area (Å²) in [4.78, 5) is 0. The van der Waals surface area contributed by atoms with Crippen molar-refractivity contribution in [3.8, 4) is 0 Å². The van der Waals surface area contributed by atoms with Crippen molar-refractivity contribution in [2.45, 2.75) is 63.8 Å². The molecule has 2 rings (SSSR count). The van der Waals surface area contributed by atoms with E-state index in [1.165, 1.54) is 51.4 Å². The van der Waals surface area contributed by atoms with Crippen molar-refractivity contribution in [2.75, 3.05) is 0 Å². The molecule has 2 saturated carbocycles. The average Bonchev–Trinajstić information content (AvgIpc) is 1.93. The second-order valence-corrected chi connectivity index (χ2v) is 5.10. The summed E-state index contributed by atoms with van der Waals surface area (Å²) in [7, 11) is 0. The lowest BCUT2D eigenvalue weighted by molar-refractivity contribution is 0.0485. The Morgan fingerprint density at radius 2 is 1.67 bits per heavy atom. The minimum atomic E-state index is 0.260. The van der Waals surface area contributed by atoms with Crippen molar-refractivity contribution < 1.29 is 0 Å². The van der Waals surface area contributed by atoms with Crippen LogP contribution in [0.3, 0.4) is 0 Å². The van der Waals surface area contributed by atoms with Crippen LogP contribution in [0.1, 0.15) is 58.3 Å². The fourth-order valence-corrected chi connectivity index (χ4v) is 2.89. The van der Waals surface area contributed by atoms with E-state index in [0.29, 0.717) is 5.41 Å². The molecule has 0 bridgehead atoms. The number of nitrogens with two attached hydrogens (primary N) is 1. The third-order valence-electron chi connectivity index (χ3n) is 4.24. The molecular formula is C11H21N. The van der Waals surface area contributed by atoms with E-state index in [-0.39, 0.29) is 5.54 Å². The van der Waals surface area contributed by atoms with Gasteiger partial charge < -0.3 is 5.73 Å². The number of hydrogen-bond donors (Lipinski definition) is 1. The van der Waals surface area contributed by atoms with Crippen LogP contribution < -0.4 is 5.73 Å². The summed E-state index contributed by atoms with van der Waals surface area (Å²) in [5, 5.41) is 0. The van der Waals surface area contributed by atoms with Gasteiger partial charge in [-0.15, -0.1) is 0 Å². The Morgan fingerprint density at radius 3 is 1.92 bits per heavy atom. The Balaban J connectivity index is 1.91. The predicted molar refractivity (Wildman–Crippen MR) is 52.0 cm³/mol. The molecule has 70 valence electrons. The molecule has 1 nitrogen and oxygen atoms in total. The molecule has 0 amide bonds. The zero-order valence-electron chi connectivity index (χ0n) is 8.23. The number of rotatable bonds is 3. The molecule has 0 atom stereocenters. The third-order valence-corrected chi connectivity index (χ3v) is 4.24. The molecule has 0 saturated heterocycles. The molecule has 2 aliphatic rings. The molecular weight excluding hydrogens is 146 g/mol. The van der Waals surface area contributed by atoms with E-state index in [1.807, 2.05) is 0 Å². The van der Waals surface area contributed by atoms with Gasteiger partial charge >= 0.3 is 0 Å². The second-order valence-electron chi connectivity index (χ2n) is 5.10. The molecule has 2 fully saturated rings. The average molecular weight is 167 g/mol. The summed E-state index contributed by atoms with van der Waals surface area (Å²) in [6.45, 7) is 2.33. The molecule has 12 heavy (non-hydrogen) atoms. The lowest BCUT2D eigenvalue weighted by Gasteiger charge is -2.50. The van der Waals surface area contributed by atoms with E-state index in [1.54, 1.807) is 0 Å². The largest absolute Gasteiger partial charge is 0.325 e. The maximum atomic E-state index is 6.27. The van der Waals surface area contributed by atoms with Gasteiger partial charge in [-0.05, 0) is 43.9 Å². The first-order valence-corrected chi connectivity index (χ1v) is 5.47. The predicted octanol–water partition coefficient (Wildman–Crippen LogP) is 2.84. The van der Waals surface area contributed by atoms with E-state index in [4.69, 9.17) is 5.73 Å². The topological polar surface area (TPSA) is 26.0 Å². The van der Waals surface area contributed by atoms with Gasteiger partial charge in [0.1, 0.15) is 0 Å². The van der Waals surface area contributed by atoms with Crippen LogP contribution in [0.25, 0.3) is 0 Å². The molecule has 0 aromatic heterocycles. The van der Waals surface area contributed by atoms with Crippen molar-refractivity contribution in [1.82, 2.24) is 0 Å². The van der Waals surface area contributed by atoms with Crippen molar-refractivity contribution in [3.63, 3.8) is 0 Å². The fraction of sp³-hybridized carbons (Fsp3) is 1.00. The van der Waals surface area contributed by atoms with Crippen molar-refractivity contribution in [2.24, 2.45) is 11.1 Å². The van der Waals surface area contributed by atoms with Crippen LogP contribution in [0.2, 0.25) is 0 Å². The van der Waals surface area contributed by atoms with Crippen LogP contribution in [-0.4, -0.2) is 5.54 Å². The molecule has 0 unspecified atom stereocenters. The van der Waals surface area contributed by atoms with Crippen LogP contribution in [0.4, 0.5) is 0 Å². The van der Waals surface area contributed by atoms with Crippen LogP contribution in [-0.2, 0) is 0 Å². The normalized spacial score (nSPS) is 30.5. The molecule has 2 N–H and O–H groups in total. The van der Waals surface area contributed by atoms with Crippen LogP contribution in [0.15, 0.2) is 0 Å². The first kappa shape index (κ1) is 8.55. The third kappa shape index (κ3) is 1.28. The SMILES string of the molecule is CCC1(CC2(N)CCC2)CCC1. The lowest BCUT2D eigenvalue weighted by atomic mass is 9.57. The van der Waals surface area contributed by atoms with Crippen molar-refractivity contribution in [3.05, 3.63) is 0 Å². The molecule has 0 radical (unpaired) electrons. The highest BCUT2D eigenvalue weighted by Gasteiger charge is 2.44. The molecule has 0 spiro atoms. The van der Waals surface area contributed by atoms with Crippen molar-refractivity contribution >= 4 is 0 Å². The van der Waals surface area contributed by atoms with Crippen LogP contribution in [0, 0.1) is 5.41 Å². The molecule has 0 aromatic carbocycles. The highest BCUT2D eigenvalue weighted by Crippen LogP contribution is 2.52. The zero-order valence-corrected chi connectivity index (χ0v) is 8.23. The second kappa shape index (κ2) is 2.73. The number of hydrogen-bond acceptors (Lipinski definition) is 1. The van der Waals surface area contributed by atoms with Gasteiger partial charge in [-0.2, -0.15) is 0 Å². The highest BCUT2D eigenvalue weighted by atomic mass is 14.8. The summed E-state index contributed by atoms with van der Waals surface area (Å²) < 4.78 is 0. The van der Waals surface area contributed by atoms with Crippen molar-refractivity contribution in [1.29, 1.82) is 0 Å². The van der Waals surface area contributed by atoms with Crippen LogP contribution in [0.5, 0.6) is 0 Å². The van der Waals surface area contributed by atoms with E-state index in [9.17, 15) is 0 Å². The molecule has 1 heteroatoms. The Kier molecular flexibility index (Phi) is 1.95. The lowest BCUT2D eigenvalue weighted by Crippen LogP contribution is -2.51. The Morgan fingerprint density at radius 1 is 1.08 bits per heavy atom. The minimum Gasteiger partial charge on any atom is -0.325 e. The minimum absolute atomic E-state index is 0.260. The maximum absolute atomic E-state index is 6.27. The van der Waals surface area contributed by atoms with Gasteiger partial charge in [0.2, 0.25) is 0 Å². The molecule has 0 aliphatic heterocycles. The van der Waals surface area contributed by atoms with E-state index in [0.717, 1.165) is 0 Å². The molecule has 2 aliphatic carbocycles. The first-order valence-electron chi connectivity index (χ1n) is 5.47. The van der Waals surface area contributed by atoms with E-state index >= 15 is 0 Å². The summed E-state index contributed by atoms with van der Waals surface area (Å²) in [5.41, 5.74) is 7.21. The van der Waals surface area contributed by atoms with Gasteiger partial charge in [-0.3, -0.25) is 0 Å². The summed E-state index contributed by atoms with van der Waals surface area (Å²) in [5.74, 6) is 0. The first-order chi connectivity index (χ1) is 5.68. The van der Waals surface area contributed by atoms with Gasteiger partial charge in [0.15, 0.2) is 0 Å². The van der Waals surface area contributed by atoms with Gasteiger partial charge in [0, 0.05) is 5.54 Å². The molecule has 0 aromatic rings. The van der Waals surface area contributed by atoms with Gasteiger partial charge in [-0.25, -0.2) is 0 Å². The summed E-state index contributed by atoms with van der Waals surface area (Å²) in [6.07, 6.45) is 11.0.